The largest absolute Gasteiger partial charge is 0.290 e. The topological polar surface area (TPSA) is 18.5 Å². The molecule has 2 aromatic rings. The fraction of sp³-hybridized carbons (Fsp3) is 0.600. The van der Waals surface area contributed by atoms with Crippen molar-refractivity contribution in [2.75, 3.05) is 0 Å². The van der Waals surface area contributed by atoms with Crippen LogP contribution in [0, 0.1) is 0 Å². The van der Waals surface area contributed by atoms with Crippen LogP contribution in [0.2, 0.25) is 0 Å². The van der Waals surface area contributed by atoms with Gasteiger partial charge in [-0.3, -0.25) is 9.78 Å². The summed E-state index contributed by atoms with van der Waals surface area (Å²) in [6.45, 7) is 18.0. The van der Waals surface area contributed by atoms with Gasteiger partial charge in [-0.15, -0.1) is 0 Å². The van der Waals surface area contributed by atoms with Crippen LogP contribution in [0.5, 0.6) is 11.5 Å². The van der Waals surface area contributed by atoms with Crippen LogP contribution in [-0.4, -0.2) is 0 Å². The number of hydrogen-bond donors (Lipinski definition) is 0. The second-order valence-corrected chi connectivity index (χ2v) is 8.73. The molecule has 0 spiro atoms. The first-order valence-electron chi connectivity index (χ1n) is 13.2. The van der Waals surface area contributed by atoms with E-state index in [9.17, 15) is 0 Å². The van der Waals surface area contributed by atoms with E-state index in [0.717, 1.165) is 75.7 Å². The van der Waals surface area contributed by atoms with Gasteiger partial charge in [0, 0.05) is 11.1 Å². The Bertz CT molecular complexity index is 806. The van der Waals surface area contributed by atoms with E-state index in [0.29, 0.717) is 0 Å². The summed E-state index contributed by atoms with van der Waals surface area (Å²) in [5.74, 6) is 1.83. The van der Waals surface area contributed by atoms with Gasteiger partial charge in [0.15, 0.2) is 11.5 Å². The van der Waals surface area contributed by atoms with Crippen LogP contribution < -0.4 is 9.78 Å². The Labute approximate surface area is 197 Å². The normalized spacial score (nSPS) is 11.1. The van der Waals surface area contributed by atoms with Crippen LogP contribution >= 0.6 is 0 Å². The van der Waals surface area contributed by atoms with Gasteiger partial charge in [0.2, 0.25) is 0 Å². The van der Waals surface area contributed by atoms with Crippen molar-refractivity contribution in [3.8, 4) is 11.5 Å². The fourth-order valence-electron chi connectivity index (χ4n) is 5.37. The van der Waals surface area contributed by atoms with Gasteiger partial charge in [-0.05, 0) is 96.9 Å². The lowest BCUT2D eigenvalue weighted by Crippen LogP contribution is -2.12. The molecule has 0 fully saturated rings. The zero-order valence-corrected chi connectivity index (χ0v) is 22.0. The van der Waals surface area contributed by atoms with Gasteiger partial charge >= 0.3 is 0 Å². The molecule has 0 radical (unpaired) electrons. The maximum atomic E-state index is 6.22. The molecule has 0 N–H and O–H groups in total. The maximum absolute atomic E-state index is 6.22. The molecule has 2 aromatic carbocycles. The Hall–Kier alpha value is -1.96. The Morgan fingerprint density at radius 2 is 0.781 bits per heavy atom. The lowest BCUT2D eigenvalue weighted by molar-refractivity contribution is -0.102. The van der Waals surface area contributed by atoms with Crippen molar-refractivity contribution in [2.24, 2.45) is 0 Å². The van der Waals surface area contributed by atoms with E-state index < -0.39 is 0 Å². The summed E-state index contributed by atoms with van der Waals surface area (Å²) in [6, 6.07) is 4.48. The van der Waals surface area contributed by atoms with E-state index in [-0.39, 0.29) is 0 Å². The molecule has 0 saturated heterocycles. The van der Waals surface area contributed by atoms with Crippen molar-refractivity contribution in [1.82, 2.24) is 0 Å². The zero-order chi connectivity index (χ0) is 23.7. The van der Waals surface area contributed by atoms with Gasteiger partial charge < -0.3 is 0 Å². The highest BCUT2D eigenvalue weighted by molar-refractivity contribution is 5.52. The Morgan fingerprint density at radius 1 is 0.438 bits per heavy atom. The molecule has 0 heterocycles. The maximum Gasteiger partial charge on any atom is 0.182 e. The van der Waals surface area contributed by atoms with Crippen molar-refractivity contribution < 1.29 is 9.78 Å². The molecule has 2 rings (SSSR count). The second-order valence-electron chi connectivity index (χ2n) is 8.73. The molecular weight excluding hydrogens is 392 g/mol. The van der Waals surface area contributed by atoms with Gasteiger partial charge in [-0.1, -0.05) is 68.2 Å². The Balaban J connectivity index is 2.57. The summed E-state index contributed by atoms with van der Waals surface area (Å²) in [4.78, 5) is 12.4. The van der Waals surface area contributed by atoms with E-state index in [1.807, 2.05) is 0 Å². The molecule has 0 unspecified atom stereocenters. The molecule has 0 aromatic heterocycles. The summed E-state index contributed by atoms with van der Waals surface area (Å²) in [5.41, 5.74) is 11.4. The first-order chi connectivity index (χ1) is 15.5. The number of hydrogen-bond acceptors (Lipinski definition) is 2. The SMILES string of the molecule is CCCc1c(OOc2cc(CC)c(CC)c(CC)c2CCC)cc(CC)c(CC)c1CC. The minimum absolute atomic E-state index is 0.913. The Morgan fingerprint density at radius 3 is 1.03 bits per heavy atom. The molecule has 0 amide bonds. The molecular formula is C30H46O2. The fourth-order valence-corrected chi connectivity index (χ4v) is 5.37. The average Bonchev–Trinajstić information content (AvgIpc) is 2.82. The molecule has 2 nitrogen and oxygen atoms in total. The summed E-state index contributed by atoms with van der Waals surface area (Å²) < 4.78 is 0. The molecule has 32 heavy (non-hydrogen) atoms. The highest BCUT2D eigenvalue weighted by Gasteiger charge is 2.20. The average molecular weight is 439 g/mol. The van der Waals surface area contributed by atoms with Gasteiger partial charge in [0.05, 0.1) is 0 Å². The van der Waals surface area contributed by atoms with Crippen LogP contribution in [0.4, 0.5) is 0 Å². The number of benzene rings is 2. The third-order valence-corrected chi connectivity index (χ3v) is 6.84. The summed E-state index contributed by atoms with van der Waals surface area (Å²) >= 11 is 0. The molecule has 0 aliphatic rings. The van der Waals surface area contributed by atoms with E-state index in [2.05, 4.69) is 67.5 Å². The number of aryl methyl sites for hydroxylation is 2. The van der Waals surface area contributed by atoms with E-state index in [4.69, 9.17) is 9.78 Å². The van der Waals surface area contributed by atoms with Gasteiger partial charge in [-0.2, -0.15) is 0 Å². The predicted octanol–water partition coefficient (Wildman–Crippen LogP) is 8.34. The van der Waals surface area contributed by atoms with E-state index >= 15 is 0 Å². The minimum atomic E-state index is 0.913. The monoisotopic (exact) mass is 438 g/mol. The Kier molecular flexibility index (Phi) is 10.6. The summed E-state index contributed by atoms with van der Waals surface area (Å²) in [6.07, 6.45) is 10.5. The van der Waals surface area contributed by atoms with Gasteiger partial charge in [-0.25, -0.2) is 0 Å². The van der Waals surface area contributed by atoms with Crippen LogP contribution in [0.1, 0.15) is 113 Å². The first kappa shape index (κ1) is 26.3. The third kappa shape index (κ3) is 5.50. The second kappa shape index (κ2) is 12.9. The van der Waals surface area contributed by atoms with Crippen LogP contribution in [0.25, 0.3) is 0 Å². The van der Waals surface area contributed by atoms with E-state index in [1.54, 1.807) is 0 Å². The zero-order valence-electron chi connectivity index (χ0n) is 22.0. The lowest BCUT2D eigenvalue weighted by atomic mass is 9.89. The minimum Gasteiger partial charge on any atom is -0.290 e. The number of rotatable bonds is 13. The van der Waals surface area contributed by atoms with Crippen LogP contribution in [0.3, 0.4) is 0 Å². The smallest absolute Gasteiger partial charge is 0.182 e. The third-order valence-electron chi connectivity index (χ3n) is 6.84. The molecule has 0 atom stereocenters. The lowest BCUT2D eigenvalue weighted by Gasteiger charge is -2.22. The molecule has 0 aliphatic carbocycles. The highest BCUT2D eigenvalue weighted by Crippen LogP contribution is 2.35. The standard InChI is InChI=1S/C30H46O2/c1-9-17-27-25(15-7)23(13-5)21(11-3)19-29(27)31-32-30-20-22(12-4)24(14-6)26(16-8)28(30)18-10-2/h19-20H,9-18H2,1-8H3. The van der Waals surface area contributed by atoms with Crippen molar-refractivity contribution in [1.29, 1.82) is 0 Å². The summed E-state index contributed by atoms with van der Waals surface area (Å²) in [7, 11) is 0. The van der Waals surface area contributed by atoms with Gasteiger partial charge in [0.25, 0.3) is 0 Å². The molecule has 0 saturated carbocycles. The highest BCUT2D eigenvalue weighted by atomic mass is 17.2. The molecule has 2 heteroatoms. The van der Waals surface area contributed by atoms with Crippen LogP contribution in [-0.2, 0) is 51.4 Å². The van der Waals surface area contributed by atoms with Crippen molar-refractivity contribution in [3.63, 3.8) is 0 Å². The molecule has 0 aliphatic heterocycles. The predicted molar refractivity (Wildman–Crippen MR) is 138 cm³/mol. The first-order valence-corrected chi connectivity index (χ1v) is 13.2. The van der Waals surface area contributed by atoms with Gasteiger partial charge in [0.1, 0.15) is 0 Å². The summed E-state index contributed by atoms with van der Waals surface area (Å²) in [5, 5.41) is 0. The van der Waals surface area contributed by atoms with Crippen molar-refractivity contribution >= 4 is 0 Å². The molecule has 178 valence electrons. The molecule has 0 bridgehead atoms. The van der Waals surface area contributed by atoms with E-state index in [1.165, 1.54) is 44.5 Å². The van der Waals surface area contributed by atoms with Crippen molar-refractivity contribution in [2.45, 2.75) is 120 Å². The van der Waals surface area contributed by atoms with Crippen LogP contribution in [0.15, 0.2) is 12.1 Å². The van der Waals surface area contributed by atoms with Crippen molar-refractivity contribution in [3.05, 3.63) is 56.6 Å². The quantitative estimate of drug-likeness (QED) is 0.231.